The molecule has 0 aromatic rings. The highest BCUT2D eigenvalue weighted by atomic mass is 16.3. The van der Waals surface area contributed by atoms with E-state index in [0.29, 0.717) is 31.0 Å². The second-order valence-electron chi connectivity index (χ2n) is 29.6. The zero-order valence-corrected chi connectivity index (χ0v) is 69.3. The van der Waals surface area contributed by atoms with Gasteiger partial charge in [0.2, 0.25) is 0 Å². The third-order valence-electron chi connectivity index (χ3n) is 15.6. The van der Waals surface area contributed by atoms with Crippen molar-refractivity contribution in [2.45, 2.75) is 332 Å². The summed E-state index contributed by atoms with van der Waals surface area (Å²) in [4.78, 5) is 0. The van der Waals surface area contributed by atoms with E-state index in [-0.39, 0.29) is 19.8 Å². The van der Waals surface area contributed by atoms with Gasteiger partial charge in [-0.2, -0.15) is 0 Å². The molecule has 6 atom stereocenters. The Morgan fingerprint density at radius 3 is 0.735 bits per heavy atom. The number of hydrogen-bond donors (Lipinski definition) is 8. The van der Waals surface area contributed by atoms with Gasteiger partial charge in [-0.25, -0.2) is 0 Å². The van der Waals surface area contributed by atoms with Gasteiger partial charge in [-0.3, -0.25) is 0 Å². The number of aliphatic hydroxyl groups excluding tert-OH is 5. The number of aliphatic hydroxyl groups is 8. The number of hydrogen-bond acceptors (Lipinski definition) is 8. The maximum Gasteiger partial charge on any atom is 0.0800 e. The van der Waals surface area contributed by atoms with Gasteiger partial charge in [-0.1, -0.05) is 190 Å². The lowest BCUT2D eigenvalue weighted by Gasteiger charge is -2.16. The Morgan fingerprint density at radius 1 is 0.296 bits per heavy atom. The summed E-state index contributed by atoms with van der Waals surface area (Å²) in [5.74, 6) is 1.68. The minimum atomic E-state index is -0.726. The Kier molecular flexibility index (Phi) is 82.4. The van der Waals surface area contributed by atoms with Crippen LogP contribution < -0.4 is 0 Å². The van der Waals surface area contributed by atoms with E-state index >= 15 is 0 Å². The van der Waals surface area contributed by atoms with E-state index in [1.165, 1.54) is 78.9 Å². The van der Waals surface area contributed by atoms with Crippen molar-refractivity contribution in [3.05, 3.63) is 189 Å². The van der Waals surface area contributed by atoms with Crippen molar-refractivity contribution < 1.29 is 40.9 Å². The van der Waals surface area contributed by atoms with E-state index in [9.17, 15) is 15.3 Å². The van der Waals surface area contributed by atoms with Crippen molar-refractivity contribution in [3.8, 4) is 0 Å². The molecule has 8 nitrogen and oxygen atoms in total. The van der Waals surface area contributed by atoms with Crippen LogP contribution in [0.5, 0.6) is 0 Å². The maximum atomic E-state index is 9.73. The molecule has 0 fully saturated rings. The van der Waals surface area contributed by atoms with Crippen molar-refractivity contribution >= 4 is 0 Å². The molecule has 0 radical (unpaired) electrons. The van der Waals surface area contributed by atoms with Gasteiger partial charge in [0.1, 0.15) is 0 Å². The summed E-state index contributed by atoms with van der Waals surface area (Å²) >= 11 is 0. The summed E-state index contributed by atoms with van der Waals surface area (Å²) in [5, 5.41) is 72.1. The molecule has 0 saturated heterocycles. The third kappa shape index (κ3) is 105. The molecule has 0 spiro atoms. The van der Waals surface area contributed by atoms with E-state index in [4.69, 9.17) is 25.5 Å². The quantitative estimate of drug-likeness (QED) is 0.0282. The standard InChI is InChI=1S/2C15H26O.2C10H20O.4C10H18O/c2*1-6-15(5,16)12-8-11-14(4)10-7-9-13(2)3;1-8(2)5-6-9(3)10(4)7-11;4*1-9(2)5-4-6-10(3)7-8-11;1-5-10(4,11)8-6-7-9(2)3/h2*6,9,11,16H,1,7-8,10,12H2,2-5H3;5,9-11H,6-7H2,1-4H3;5,10-11H,4,6-8H2,1-3H3;3*5,7,11H,4,6,8H2,1-3H3;5,7,11H,1,6,8H2,2-4H3/b14-11+;14-11-;;;2*10-7+;10-7-;/t;;;10-;;;;10-/m...1...0/s1. The first-order chi connectivity index (χ1) is 45.4. The fourth-order valence-electron chi connectivity index (χ4n) is 7.96. The molecule has 0 bridgehead atoms. The molecule has 0 heterocycles. The van der Waals surface area contributed by atoms with Crippen LogP contribution >= 0.6 is 0 Å². The molecule has 0 rings (SSSR count). The van der Waals surface area contributed by atoms with Crippen molar-refractivity contribution in [2.24, 2.45) is 17.8 Å². The van der Waals surface area contributed by atoms with Crippen LogP contribution in [0.15, 0.2) is 189 Å². The van der Waals surface area contributed by atoms with Crippen LogP contribution in [0.4, 0.5) is 0 Å². The van der Waals surface area contributed by atoms with Crippen LogP contribution in [0.25, 0.3) is 0 Å². The lowest BCUT2D eigenvalue weighted by Crippen LogP contribution is -2.19. The number of allylic oxidation sites excluding steroid dienone is 23. The Labute approximate surface area is 610 Å². The van der Waals surface area contributed by atoms with Gasteiger partial charge in [0.15, 0.2) is 0 Å². The van der Waals surface area contributed by atoms with Crippen LogP contribution in [0, 0.1) is 17.8 Å². The zero-order valence-electron chi connectivity index (χ0n) is 69.3. The van der Waals surface area contributed by atoms with Crippen molar-refractivity contribution in [1.82, 2.24) is 0 Å². The molecular weight excluding hydrogens is 1210 g/mol. The van der Waals surface area contributed by atoms with Crippen molar-refractivity contribution in [2.75, 3.05) is 33.0 Å². The number of rotatable bonds is 39. The SMILES string of the molecule is C=CC(C)(O)CC/C=C(/C)CCC=C(C)C.C=CC(C)(O)CC/C=C(\C)CCC=C(C)C.C=C[C@](C)(O)CCC=C(C)C.CC(C)=CCC(C)C(C)CO.CC(C)=CCC/C(C)=C/CO.CC(C)=CCC/C(C)=C/CO.CC(C)=CCC/C(C)=C\CO.CC(C)=CCC[C@@H](C)CCO. The third-order valence-corrected chi connectivity index (χ3v) is 15.6. The highest BCUT2D eigenvalue weighted by Crippen LogP contribution is 2.19. The van der Waals surface area contributed by atoms with E-state index in [2.05, 4.69) is 247 Å². The average molecular weight is 1370 g/mol. The molecule has 0 aliphatic heterocycles. The maximum absolute atomic E-state index is 9.73. The summed E-state index contributed by atoms with van der Waals surface area (Å²) < 4.78 is 0. The van der Waals surface area contributed by atoms with E-state index in [1.54, 1.807) is 39.0 Å². The average Bonchev–Trinajstić information content (AvgIpc) is 1.82. The van der Waals surface area contributed by atoms with Crippen LogP contribution in [0.3, 0.4) is 0 Å². The van der Waals surface area contributed by atoms with Crippen molar-refractivity contribution in [1.29, 1.82) is 0 Å². The van der Waals surface area contributed by atoms with Crippen LogP contribution in [-0.2, 0) is 0 Å². The van der Waals surface area contributed by atoms with E-state index in [1.807, 2.05) is 18.2 Å². The molecule has 98 heavy (non-hydrogen) atoms. The second kappa shape index (κ2) is 73.7. The molecule has 8 N–H and O–H groups in total. The first-order valence-corrected chi connectivity index (χ1v) is 36.9. The van der Waals surface area contributed by atoms with Crippen LogP contribution in [-0.4, -0.2) is 90.7 Å². The summed E-state index contributed by atoms with van der Waals surface area (Å²) in [6.45, 7) is 67.9. The Balaban J connectivity index is -0.000000158. The Morgan fingerprint density at radius 2 is 0.520 bits per heavy atom. The topological polar surface area (TPSA) is 162 Å². The minimum absolute atomic E-state index is 0.167. The first-order valence-electron chi connectivity index (χ1n) is 36.9. The first kappa shape index (κ1) is 109. The van der Waals surface area contributed by atoms with E-state index in [0.717, 1.165) is 122 Å². The van der Waals surface area contributed by atoms with Gasteiger partial charge in [-0.05, 0) is 312 Å². The molecule has 0 aliphatic carbocycles. The van der Waals surface area contributed by atoms with Crippen molar-refractivity contribution in [3.63, 3.8) is 0 Å². The van der Waals surface area contributed by atoms with Gasteiger partial charge in [0.25, 0.3) is 0 Å². The lowest BCUT2D eigenvalue weighted by atomic mass is 9.93. The van der Waals surface area contributed by atoms with Gasteiger partial charge in [-0.15, -0.1) is 19.7 Å². The predicted octanol–water partition coefficient (Wildman–Crippen LogP) is 24.8. The zero-order chi connectivity index (χ0) is 77.7. The van der Waals surface area contributed by atoms with E-state index < -0.39 is 16.8 Å². The fourth-order valence-corrected chi connectivity index (χ4v) is 7.96. The molecule has 0 aliphatic rings. The Bertz CT molecular complexity index is 2190. The smallest absolute Gasteiger partial charge is 0.0800 e. The molecule has 0 aromatic heterocycles. The van der Waals surface area contributed by atoms with Gasteiger partial charge >= 0.3 is 0 Å². The Hall–Kier alpha value is -4.48. The largest absolute Gasteiger partial charge is 0.396 e. The summed E-state index contributed by atoms with van der Waals surface area (Å²) in [6, 6.07) is 0. The normalized spacial score (nSPS) is 13.8. The molecule has 0 amide bonds. The highest BCUT2D eigenvalue weighted by molar-refractivity contribution is 5.08. The molecule has 8 heteroatoms. The highest BCUT2D eigenvalue weighted by Gasteiger charge is 2.15. The summed E-state index contributed by atoms with van der Waals surface area (Å²) in [7, 11) is 0. The molecule has 572 valence electrons. The lowest BCUT2D eigenvalue weighted by molar-refractivity contribution is 0.103. The van der Waals surface area contributed by atoms with Gasteiger partial charge in [0, 0.05) is 13.2 Å². The van der Waals surface area contributed by atoms with Gasteiger partial charge in [0.05, 0.1) is 36.6 Å². The predicted molar refractivity (Wildman–Crippen MR) is 442 cm³/mol. The summed E-state index contributed by atoms with van der Waals surface area (Å²) in [5.41, 5.74) is 15.3. The monoisotopic (exact) mass is 1370 g/mol. The molecule has 0 saturated carbocycles. The summed E-state index contributed by atoms with van der Waals surface area (Å²) in [6.07, 6.45) is 52.9. The second-order valence-corrected chi connectivity index (χ2v) is 29.6. The molecular formula is C90H164O8. The minimum Gasteiger partial charge on any atom is -0.396 e. The van der Waals surface area contributed by atoms with Crippen LogP contribution in [0.2, 0.25) is 0 Å². The molecule has 4 unspecified atom stereocenters. The van der Waals surface area contributed by atoms with Gasteiger partial charge < -0.3 is 40.9 Å². The van der Waals surface area contributed by atoms with Crippen LogP contribution in [0.1, 0.15) is 315 Å². The fraction of sp³-hybridized carbons (Fsp3) is 0.644. The molecule has 0 aromatic carbocycles.